The van der Waals surface area contributed by atoms with Gasteiger partial charge in [0, 0.05) is 21.8 Å². The van der Waals surface area contributed by atoms with Crippen LogP contribution in [0.1, 0.15) is 15.9 Å². The predicted molar refractivity (Wildman–Crippen MR) is 115 cm³/mol. The molecule has 1 aromatic heterocycles. The summed E-state index contributed by atoms with van der Waals surface area (Å²) < 4.78 is 13.2. The van der Waals surface area contributed by atoms with Gasteiger partial charge in [0.1, 0.15) is 10.8 Å². The van der Waals surface area contributed by atoms with Crippen LogP contribution in [0, 0.1) is 5.82 Å². The quantitative estimate of drug-likeness (QED) is 0.422. The molecule has 1 amide bonds. The van der Waals surface area contributed by atoms with Gasteiger partial charge < -0.3 is 5.32 Å². The van der Waals surface area contributed by atoms with Gasteiger partial charge >= 0.3 is 0 Å². The molecule has 0 bridgehead atoms. The van der Waals surface area contributed by atoms with Gasteiger partial charge in [-0.25, -0.2) is 9.37 Å². The van der Waals surface area contributed by atoms with E-state index in [1.807, 2.05) is 36.4 Å². The maximum absolute atomic E-state index is 13.2. The number of fused-ring (bicyclic) bond motifs is 1. The Morgan fingerprint density at radius 1 is 1.00 bits per heavy atom. The van der Waals surface area contributed by atoms with Gasteiger partial charge in [-0.3, -0.25) is 4.79 Å². The van der Waals surface area contributed by atoms with Crippen molar-refractivity contribution in [2.75, 3.05) is 0 Å². The van der Waals surface area contributed by atoms with E-state index < -0.39 is 0 Å². The summed E-state index contributed by atoms with van der Waals surface area (Å²) in [5, 5.41) is 5.07. The number of pyridine rings is 1. The number of amides is 1. The van der Waals surface area contributed by atoms with Crippen LogP contribution in [0.4, 0.5) is 4.39 Å². The second kappa shape index (κ2) is 8.64. The van der Waals surface area contributed by atoms with E-state index in [9.17, 15) is 9.18 Å². The minimum Gasteiger partial charge on any atom is -0.348 e. The van der Waals surface area contributed by atoms with Crippen molar-refractivity contribution >= 4 is 40.2 Å². The monoisotopic (exact) mass is 422 g/mol. The summed E-state index contributed by atoms with van der Waals surface area (Å²) in [4.78, 5) is 18.4. The van der Waals surface area contributed by atoms with Gasteiger partial charge in [0.25, 0.3) is 5.91 Å². The molecule has 0 aliphatic carbocycles. The van der Waals surface area contributed by atoms with E-state index in [1.54, 1.807) is 30.3 Å². The predicted octanol–water partition coefficient (Wildman–Crippen LogP) is 6.11. The summed E-state index contributed by atoms with van der Waals surface area (Å²) in [5.74, 6) is -0.470. The van der Waals surface area contributed by atoms with E-state index in [-0.39, 0.29) is 11.7 Å². The van der Waals surface area contributed by atoms with E-state index in [4.69, 9.17) is 11.6 Å². The molecule has 4 aromatic rings. The Balaban J connectivity index is 1.61. The number of nitrogens with zero attached hydrogens (tertiary/aromatic N) is 1. The number of carbonyl (C=O) groups excluding carboxylic acids is 1. The highest BCUT2D eigenvalue weighted by Gasteiger charge is 2.14. The molecule has 0 aliphatic heterocycles. The van der Waals surface area contributed by atoms with Gasteiger partial charge in [0.15, 0.2) is 0 Å². The maximum atomic E-state index is 13.2. The smallest absolute Gasteiger partial charge is 0.252 e. The highest BCUT2D eigenvalue weighted by molar-refractivity contribution is 7.99. The summed E-state index contributed by atoms with van der Waals surface area (Å²) in [6, 6.07) is 22.8. The third-order valence-corrected chi connectivity index (χ3v) is 5.52. The third kappa shape index (κ3) is 4.75. The molecule has 1 heterocycles. The zero-order valence-electron chi connectivity index (χ0n) is 15.2. The standard InChI is InChI=1S/C23H16ClFN2OS/c24-16-7-5-15(6-8-16)14-26-23(28)20-13-22(27-21-4-2-1-3-19(20)21)29-18-11-9-17(25)10-12-18/h1-13H,14H2,(H,26,28). The number of nitrogens with one attached hydrogen (secondary N) is 1. The zero-order chi connectivity index (χ0) is 20.2. The average molecular weight is 423 g/mol. The molecule has 1 N–H and O–H groups in total. The lowest BCUT2D eigenvalue weighted by atomic mass is 10.1. The van der Waals surface area contributed by atoms with Gasteiger partial charge in [-0.15, -0.1) is 0 Å². The number of halogens is 2. The largest absolute Gasteiger partial charge is 0.348 e. The number of rotatable bonds is 5. The fraction of sp³-hybridized carbons (Fsp3) is 0.0435. The molecule has 0 saturated carbocycles. The molecule has 0 spiro atoms. The normalized spacial score (nSPS) is 10.8. The van der Waals surface area contributed by atoms with Gasteiger partial charge in [-0.1, -0.05) is 53.7 Å². The molecular formula is C23H16ClFN2OS. The van der Waals surface area contributed by atoms with E-state index in [0.29, 0.717) is 22.2 Å². The topological polar surface area (TPSA) is 42.0 Å². The Morgan fingerprint density at radius 2 is 1.72 bits per heavy atom. The van der Waals surface area contributed by atoms with Gasteiger partial charge in [-0.05, 0) is 54.1 Å². The minimum absolute atomic E-state index is 0.181. The lowest BCUT2D eigenvalue weighted by Crippen LogP contribution is -2.23. The van der Waals surface area contributed by atoms with E-state index in [1.165, 1.54) is 23.9 Å². The molecule has 0 radical (unpaired) electrons. The lowest BCUT2D eigenvalue weighted by Gasteiger charge is -2.10. The van der Waals surface area contributed by atoms with Gasteiger partial charge in [0.05, 0.1) is 11.1 Å². The van der Waals surface area contributed by atoms with Crippen molar-refractivity contribution in [1.82, 2.24) is 10.3 Å². The van der Waals surface area contributed by atoms with Crippen molar-refractivity contribution in [3.8, 4) is 0 Å². The molecule has 29 heavy (non-hydrogen) atoms. The van der Waals surface area contributed by atoms with Crippen LogP contribution >= 0.6 is 23.4 Å². The highest BCUT2D eigenvalue weighted by Crippen LogP contribution is 2.30. The number of carbonyl (C=O) groups is 1. The van der Waals surface area contributed by atoms with Crippen LogP contribution in [0.2, 0.25) is 5.02 Å². The second-order valence-electron chi connectivity index (χ2n) is 6.39. The first-order valence-corrected chi connectivity index (χ1v) is 10.1. The first-order chi connectivity index (χ1) is 14.1. The Labute approximate surface area is 176 Å². The first-order valence-electron chi connectivity index (χ1n) is 8.94. The molecule has 0 atom stereocenters. The van der Waals surface area contributed by atoms with Crippen LogP contribution in [0.25, 0.3) is 10.9 Å². The summed E-state index contributed by atoms with van der Waals surface area (Å²) in [7, 11) is 0. The fourth-order valence-electron chi connectivity index (χ4n) is 2.89. The van der Waals surface area contributed by atoms with E-state index in [0.717, 1.165) is 21.4 Å². The van der Waals surface area contributed by atoms with Crippen LogP contribution in [0.15, 0.2) is 88.8 Å². The summed E-state index contributed by atoms with van der Waals surface area (Å²) >= 11 is 7.30. The Hall–Kier alpha value is -2.89. The molecule has 0 fully saturated rings. The van der Waals surface area contributed by atoms with Crippen molar-refractivity contribution in [3.63, 3.8) is 0 Å². The van der Waals surface area contributed by atoms with E-state index in [2.05, 4.69) is 10.3 Å². The van der Waals surface area contributed by atoms with Crippen LogP contribution in [0.5, 0.6) is 0 Å². The van der Waals surface area contributed by atoms with Crippen molar-refractivity contribution in [2.24, 2.45) is 0 Å². The number of hydrogen-bond acceptors (Lipinski definition) is 3. The molecule has 0 unspecified atom stereocenters. The molecule has 3 nitrogen and oxygen atoms in total. The zero-order valence-corrected chi connectivity index (χ0v) is 16.8. The maximum Gasteiger partial charge on any atom is 0.252 e. The number of para-hydroxylation sites is 1. The Morgan fingerprint density at radius 3 is 2.48 bits per heavy atom. The molecule has 4 rings (SSSR count). The second-order valence-corrected chi connectivity index (χ2v) is 7.92. The third-order valence-electron chi connectivity index (χ3n) is 4.34. The number of hydrogen-bond donors (Lipinski definition) is 1. The summed E-state index contributed by atoms with van der Waals surface area (Å²) in [6.07, 6.45) is 0. The molecule has 144 valence electrons. The van der Waals surface area contributed by atoms with Crippen molar-refractivity contribution in [2.45, 2.75) is 16.5 Å². The molecule has 3 aromatic carbocycles. The van der Waals surface area contributed by atoms with E-state index >= 15 is 0 Å². The SMILES string of the molecule is O=C(NCc1ccc(Cl)cc1)c1cc(Sc2ccc(F)cc2)nc2ccccc12. The first kappa shape index (κ1) is 19.4. The summed E-state index contributed by atoms with van der Waals surface area (Å²) in [6.45, 7) is 0.396. The van der Waals surface area contributed by atoms with Crippen molar-refractivity contribution in [3.05, 3.63) is 101 Å². The molecule has 0 saturated heterocycles. The van der Waals surface area contributed by atoms with Gasteiger partial charge in [-0.2, -0.15) is 0 Å². The van der Waals surface area contributed by atoms with Gasteiger partial charge in [0.2, 0.25) is 0 Å². The van der Waals surface area contributed by atoms with Crippen molar-refractivity contribution in [1.29, 1.82) is 0 Å². The highest BCUT2D eigenvalue weighted by atomic mass is 35.5. The summed E-state index contributed by atoms with van der Waals surface area (Å²) in [5.41, 5.74) is 2.24. The molecule has 6 heteroatoms. The average Bonchev–Trinajstić information content (AvgIpc) is 2.74. The lowest BCUT2D eigenvalue weighted by molar-refractivity contribution is 0.0952. The Kier molecular flexibility index (Phi) is 5.79. The Bertz CT molecular complexity index is 1160. The van der Waals surface area contributed by atoms with Crippen LogP contribution in [-0.4, -0.2) is 10.9 Å². The fourth-order valence-corrected chi connectivity index (χ4v) is 3.85. The van der Waals surface area contributed by atoms with Crippen LogP contribution in [0.3, 0.4) is 0 Å². The number of benzene rings is 3. The molecular weight excluding hydrogens is 407 g/mol. The van der Waals surface area contributed by atoms with Crippen LogP contribution < -0.4 is 5.32 Å². The van der Waals surface area contributed by atoms with Crippen LogP contribution in [-0.2, 0) is 6.54 Å². The van der Waals surface area contributed by atoms with Crippen molar-refractivity contribution < 1.29 is 9.18 Å². The molecule has 0 aliphatic rings. The minimum atomic E-state index is -0.289. The number of aromatic nitrogens is 1.